The van der Waals surface area contributed by atoms with Gasteiger partial charge in [0.05, 0.1) is 11.3 Å². The fraction of sp³-hybridized carbons (Fsp3) is 0.688. The van der Waals surface area contributed by atoms with E-state index in [0.29, 0.717) is 31.0 Å². The zero-order valence-electron chi connectivity index (χ0n) is 14.2. The highest BCUT2D eigenvalue weighted by molar-refractivity contribution is 5.98. The maximum Gasteiger partial charge on any atom is 0.258 e. The van der Waals surface area contributed by atoms with Gasteiger partial charge in [0.1, 0.15) is 6.04 Å². The number of nitrogens with zero attached hydrogens (tertiary/aromatic N) is 4. The Morgan fingerprint density at radius 3 is 2.68 bits per heavy atom. The molecular weight excluding hydrogens is 280 g/mol. The molecule has 1 aromatic rings. The van der Waals surface area contributed by atoms with Gasteiger partial charge in [-0.15, -0.1) is 0 Å². The molecule has 0 bridgehead atoms. The molecule has 0 aromatic carbocycles. The Bertz CT molecular complexity index is 564. The van der Waals surface area contributed by atoms with Crippen LogP contribution in [0.5, 0.6) is 0 Å². The van der Waals surface area contributed by atoms with Crippen molar-refractivity contribution >= 4 is 11.8 Å². The van der Waals surface area contributed by atoms with E-state index in [9.17, 15) is 9.59 Å². The van der Waals surface area contributed by atoms with Crippen LogP contribution in [0.15, 0.2) is 6.20 Å². The first kappa shape index (κ1) is 16.5. The SMILES string of the molecule is CCc1nn(C)cc1C(=O)N1CCN(CC(C)C)C(=O)C1C. The molecule has 0 N–H and O–H groups in total. The summed E-state index contributed by atoms with van der Waals surface area (Å²) < 4.78 is 1.66. The molecule has 2 heterocycles. The van der Waals surface area contributed by atoms with Crippen molar-refractivity contribution in [1.29, 1.82) is 0 Å². The second-order valence-electron chi connectivity index (χ2n) is 6.37. The largest absolute Gasteiger partial charge is 0.339 e. The predicted molar refractivity (Wildman–Crippen MR) is 84.5 cm³/mol. The zero-order chi connectivity index (χ0) is 16.4. The quantitative estimate of drug-likeness (QED) is 0.843. The van der Waals surface area contributed by atoms with Crippen molar-refractivity contribution in [2.75, 3.05) is 19.6 Å². The highest BCUT2D eigenvalue weighted by Crippen LogP contribution is 2.18. The Kier molecular flexibility index (Phi) is 4.88. The van der Waals surface area contributed by atoms with E-state index in [1.54, 1.807) is 15.8 Å². The molecular formula is C16H26N4O2. The summed E-state index contributed by atoms with van der Waals surface area (Å²) in [4.78, 5) is 28.8. The molecule has 0 aliphatic carbocycles. The summed E-state index contributed by atoms with van der Waals surface area (Å²) in [5.41, 5.74) is 1.40. The Morgan fingerprint density at radius 2 is 2.09 bits per heavy atom. The van der Waals surface area contributed by atoms with E-state index in [1.165, 1.54) is 0 Å². The summed E-state index contributed by atoms with van der Waals surface area (Å²) in [5.74, 6) is 0.383. The van der Waals surface area contributed by atoms with Crippen LogP contribution in [0.25, 0.3) is 0 Å². The van der Waals surface area contributed by atoms with Gasteiger partial charge in [0.15, 0.2) is 0 Å². The first-order valence-corrected chi connectivity index (χ1v) is 7.97. The van der Waals surface area contributed by atoms with Crippen LogP contribution >= 0.6 is 0 Å². The molecule has 1 aliphatic heterocycles. The van der Waals surface area contributed by atoms with Crippen LogP contribution in [-0.4, -0.2) is 57.1 Å². The third-order valence-corrected chi connectivity index (χ3v) is 4.06. The maximum absolute atomic E-state index is 12.8. The lowest BCUT2D eigenvalue weighted by atomic mass is 10.1. The van der Waals surface area contributed by atoms with E-state index in [0.717, 1.165) is 12.2 Å². The van der Waals surface area contributed by atoms with E-state index in [2.05, 4.69) is 18.9 Å². The lowest BCUT2D eigenvalue weighted by Crippen LogP contribution is -2.58. The fourth-order valence-electron chi connectivity index (χ4n) is 2.96. The molecule has 6 nitrogen and oxygen atoms in total. The summed E-state index contributed by atoms with van der Waals surface area (Å²) in [6, 6.07) is -0.412. The normalized spacial score (nSPS) is 19.2. The van der Waals surface area contributed by atoms with Gasteiger partial charge in [-0.05, 0) is 19.3 Å². The van der Waals surface area contributed by atoms with Gasteiger partial charge in [-0.25, -0.2) is 0 Å². The van der Waals surface area contributed by atoms with Crippen molar-refractivity contribution in [2.45, 2.75) is 40.2 Å². The van der Waals surface area contributed by atoms with E-state index in [-0.39, 0.29) is 11.8 Å². The van der Waals surface area contributed by atoms with Crippen molar-refractivity contribution in [3.8, 4) is 0 Å². The van der Waals surface area contributed by atoms with Crippen LogP contribution in [-0.2, 0) is 18.3 Å². The Morgan fingerprint density at radius 1 is 1.41 bits per heavy atom. The monoisotopic (exact) mass is 306 g/mol. The first-order valence-electron chi connectivity index (χ1n) is 7.97. The number of carbonyl (C=O) groups excluding carboxylic acids is 2. The van der Waals surface area contributed by atoms with Crippen molar-refractivity contribution in [3.05, 3.63) is 17.5 Å². The highest BCUT2D eigenvalue weighted by Gasteiger charge is 2.35. The minimum Gasteiger partial charge on any atom is -0.339 e. The van der Waals surface area contributed by atoms with Crippen LogP contribution in [0.4, 0.5) is 0 Å². The predicted octanol–water partition coefficient (Wildman–Crippen LogP) is 1.31. The summed E-state index contributed by atoms with van der Waals surface area (Å²) in [6.45, 7) is 9.92. The minimum absolute atomic E-state index is 0.0373. The van der Waals surface area contributed by atoms with Gasteiger partial charge in [-0.1, -0.05) is 20.8 Å². The number of piperazine rings is 1. The van der Waals surface area contributed by atoms with E-state index in [4.69, 9.17) is 0 Å². The van der Waals surface area contributed by atoms with Gasteiger partial charge in [0.2, 0.25) is 5.91 Å². The molecule has 1 atom stereocenters. The zero-order valence-corrected chi connectivity index (χ0v) is 14.2. The summed E-state index contributed by atoms with van der Waals surface area (Å²) in [7, 11) is 1.81. The molecule has 122 valence electrons. The summed E-state index contributed by atoms with van der Waals surface area (Å²) >= 11 is 0. The van der Waals surface area contributed by atoms with Crippen LogP contribution in [0.1, 0.15) is 43.7 Å². The topological polar surface area (TPSA) is 58.4 Å². The van der Waals surface area contributed by atoms with Crippen molar-refractivity contribution < 1.29 is 9.59 Å². The molecule has 0 radical (unpaired) electrons. The second kappa shape index (κ2) is 6.50. The molecule has 0 spiro atoms. The number of hydrogen-bond acceptors (Lipinski definition) is 3. The van der Waals surface area contributed by atoms with Gasteiger partial charge >= 0.3 is 0 Å². The minimum atomic E-state index is -0.412. The summed E-state index contributed by atoms with van der Waals surface area (Å²) in [5, 5.41) is 4.32. The molecule has 1 saturated heterocycles. The third kappa shape index (κ3) is 3.15. The molecule has 0 saturated carbocycles. The van der Waals surface area contributed by atoms with Crippen LogP contribution in [0, 0.1) is 5.92 Å². The smallest absolute Gasteiger partial charge is 0.258 e. The third-order valence-electron chi connectivity index (χ3n) is 4.06. The van der Waals surface area contributed by atoms with Gasteiger partial charge in [-0.3, -0.25) is 14.3 Å². The number of amides is 2. The molecule has 1 aromatic heterocycles. The van der Waals surface area contributed by atoms with E-state index >= 15 is 0 Å². The lowest BCUT2D eigenvalue weighted by Gasteiger charge is -2.39. The highest BCUT2D eigenvalue weighted by atomic mass is 16.2. The van der Waals surface area contributed by atoms with Gasteiger partial charge in [0.25, 0.3) is 5.91 Å². The fourth-order valence-corrected chi connectivity index (χ4v) is 2.96. The van der Waals surface area contributed by atoms with Gasteiger partial charge < -0.3 is 9.80 Å². The Balaban J connectivity index is 2.16. The van der Waals surface area contributed by atoms with Crippen LogP contribution in [0.2, 0.25) is 0 Å². The number of hydrogen-bond donors (Lipinski definition) is 0. The van der Waals surface area contributed by atoms with Crippen molar-refractivity contribution in [2.24, 2.45) is 13.0 Å². The number of aryl methyl sites for hydroxylation is 2. The number of aromatic nitrogens is 2. The van der Waals surface area contributed by atoms with Crippen molar-refractivity contribution in [1.82, 2.24) is 19.6 Å². The number of carbonyl (C=O) groups is 2. The van der Waals surface area contributed by atoms with Crippen LogP contribution < -0.4 is 0 Å². The maximum atomic E-state index is 12.8. The lowest BCUT2D eigenvalue weighted by molar-refractivity contribution is -0.140. The molecule has 1 fully saturated rings. The molecule has 2 amide bonds. The average molecular weight is 306 g/mol. The molecule has 1 aliphatic rings. The molecule has 2 rings (SSSR count). The number of rotatable bonds is 4. The van der Waals surface area contributed by atoms with E-state index in [1.807, 2.05) is 25.8 Å². The standard InChI is InChI=1S/C16H26N4O2/c1-6-14-13(10-18(5)17-14)16(22)20-8-7-19(9-11(2)3)15(21)12(20)4/h10-12H,6-9H2,1-5H3. The first-order chi connectivity index (χ1) is 10.3. The van der Waals surface area contributed by atoms with Gasteiger partial charge in [-0.2, -0.15) is 5.10 Å². The molecule has 6 heteroatoms. The summed E-state index contributed by atoms with van der Waals surface area (Å²) in [6.07, 6.45) is 2.45. The van der Waals surface area contributed by atoms with Crippen molar-refractivity contribution in [3.63, 3.8) is 0 Å². The Labute approximate surface area is 132 Å². The molecule has 1 unspecified atom stereocenters. The van der Waals surface area contributed by atoms with Gasteiger partial charge in [0, 0.05) is 32.9 Å². The second-order valence-corrected chi connectivity index (χ2v) is 6.37. The van der Waals surface area contributed by atoms with E-state index < -0.39 is 6.04 Å². The molecule has 22 heavy (non-hydrogen) atoms. The average Bonchev–Trinajstić information content (AvgIpc) is 2.84. The van der Waals surface area contributed by atoms with Crippen LogP contribution in [0.3, 0.4) is 0 Å². The Hall–Kier alpha value is -1.85.